The average molecular weight is 354 g/mol. The molecule has 0 atom stereocenters. The monoisotopic (exact) mass is 354 g/mol. The standard InChI is InChI=1S/C17H21O.C5H5.Ti/c1-12(2)15-10-7-11-16(13(3)4)17(15)18-14-8-5-6-9-14;1-2-4-5-3-1;/h5-13H,1-4H3;1-5H;/q2*-1;+2. The fourth-order valence-corrected chi connectivity index (χ4v) is 2.46. The second-order valence-corrected chi connectivity index (χ2v) is 6.26. The molecule has 0 unspecified atom stereocenters. The molecule has 3 aromatic rings. The maximum atomic E-state index is 6.10. The summed E-state index contributed by atoms with van der Waals surface area (Å²) in [4.78, 5) is 0. The van der Waals surface area contributed by atoms with Crippen LogP contribution in [-0.2, 0) is 21.7 Å². The maximum Gasteiger partial charge on any atom is 2.00 e. The summed E-state index contributed by atoms with van der Waals surface area (Å²) in [5.74, 6) is 2.89. The summed E-state index contributed by atoms with van der Waals surface area (Å²) in [6, 6.07) is 24.5. The van der Waals surface area contributed by atoms with Gasteiger partial charge in [-0.2, -0.15) is 30.3 Å². The topological polar surface area (TPSA) is 9.23 Å². The van der Waals surface area contributed by atoms with Crippen molar-refractivity contribution in [3.05, 3.63) is 83.9 Å². The van der Waals surface area contributed by atoms with E-state index in [0.29, 0.717) is 11.8 Å². The largest absolute Gasteiger partial charge is 2.00 e. The van der Waals surface area contributed by atoms with Gasteiger partial charge in [0, 0.05) is 5.75 Å². The van der Waals surface area contributed by atoms with Gasteiger partial charge in [0.15, 0.2) is 0 Å². The van der Waals surface area contributed by atoms with Gasteiger partial charge in [-0.1, -0.05) is 45.9 Å². The van der Waals surface area contributed by atoms with Crippen molar-refractivity contribution >= 4 is 0 Å². The molecule has 0 saturated carbocycles. The zero-order valence-electron chi connectivity index (χ0n) is 15.0. The molecule has 0 saturated heterocycles. The van der Waals surface area contributed by atoms with Crippen LogP contribution in [0, 0.1) is 0 Å². The first-order chi connectivity index (χ1) is 11.1. The first-order valence-electron chi connectivity index (χ1n) is 8.28. The summed E-state index contributed by atoms with van der Waals surface area (Å²) < 4.78 is 6.10. The van der Waals surface area contributed by atoms with Crippen molar-refractivity contribution in [3.63, 3.8) is 0 Å². The first kappa shape index (κ1) is 20.5. The van der Waals surface area contributed by atoms with Crippen molar-refractivity contribution in [1.29, 1.82) is 0 Å². The summed E-state index contributed by atoms with van der Waals surface area (Å²) in [5, 5.41) is 0. The van der Waals surface area contributed by atoms with Gasteiger partial charge in [0.1, 0.15) is 0 Å². The second kappa shape index (κ2) is 10.3. The summed E-state index contributed by atoms with van der Waals surface area (Å²) in [7, 11) is 0. The molecule has 0 aliphatic carbocycles. The Morgan fingerprint density at radius 2 is 1.29 bits per heavy atom. The number of ether oxygens (including phenoxy) is 1. The normalized spacial score (nSPS) is 10.1. The van der Waals surface area contributed by atoms with Crippen molar-refractivity contribution in [1.82, 2.24) is 0 Å². The molecule has 3 aromatic carbocycles. The molecule has 0 N–H and O–H groups in total. The molecule has 1 nitrogen and oxygen atoms in total. The van der Waals surface area contributed by atoms with Crippen LogP contribution in [-0.4, -0.2) is 0 Å². The van der Waals surface area contributed by atoms with Crippen LogP contribution < -0.4 is 4.74 Å². The van der Waals surface area contributed by atoms with Crippen LogP contribution in [0.2, 0.25) is 0 Å². The SMILES string of the molecule is CC(C)c1cccc(C(C)C)c1O[c-]1cccc1.[Ti+2].c1cc[cH-]c1. The fourth-order valence-electron chi connectivity index (χ4n) is 2.46. The third-order valence-corrected chi connectivity index (χ3v) is 3.73. The minimum Gasteiger partial charge on any atom is -0.544 e. The van der Waals surface area contributed by atoms with E-state index in [-0.39, 0.29) is 21.7 Å². The van der Waals surface area contributed by atoms with Crippen molar-refractivity contribution in [2.45, 2.75) is 39.5 Å². The van der Waals surface area contributed by atoms with Gasteiger partial charge >= 0.3 is 21.7 Å². The Bertz CT molecular complexity index is 621. The van der Waals surface area contributed by atoms with Gasteiger partial charge in [0.25, 0.3) is 0 Å². The van der Waals surface area contributed by atoms with Crippen LogP contribution in [0.25, 0.3) is 0 Å². The summed E-state index contributed by atoms with van der Waals surface area (Å²) in [5.41, 5.74) is 2.56. The van der Waals surface area contributed by atoms with Crippen molar-refractivity contribution in [3.8, 4) is 11.5 Å². The summed E-state index contributed by atoms with van der Waals surface area (Å²) in [6.45, 7) is 8.82. The van der Waals surface area contributed by atoms with Gasteiger partial charge in [0.2, 0.25) is 0 Å². The van der Waals surface area contributed by atoms with Gasteiger partial charge in [-0.05, 0) is 23.0 Å². The van der Waals surface area contributed by atoms with Crippen molar-refractivity contribution in [2.75, 3.05) is 0 Å². The van der Waals surface area contributed by atoms with E-state index in [4.69, 9.17) is 4.74 Å². The third-order valence-electron chi connectivity index (χ3n) is 3.73. The second-order valence-electron chi connectivity index (χ2n) is 6.26. The quantitative estimate of drug-likeness (QED) is 0.368. The molecule has 0 aliphatic heterocycles. The predicted molar refractivity (Wildman–Crippen MR) is 98.8 cm³/mol. The van der Waals surface area contributed by atoms with Crippen LogP contribution in [0.5, 0.6) is 11.5 Å². The first-order valence-corrected chi connectivity index (χ1v) is 8.28. The van der Waals surface area contributed by atoms with Crippen LogP contribution >= 0.6 is 0 Å². The number of hydrogen-bond acceptors (Lipinski definition) is 1. The molecule has 0 radical (unpaired) electrons. The minimum atomic E-state index is 0. The number of rotatable bonds is 4. The molecular formula is C22H26OTi. The van der Waals surface area contributed by atoms with Crippen LogP contribution in [0.3, 0.4) is 0 Å². The maximum absolute atomic E-state index is 6.10. The van der Waals surface area contributed by atoms with Gasteiger partial charge in [-0.15, -0.1) is 12.1 Å². The average Bonchev–Trinajstić information content (AvgIpc) is 3.23. The molecule has 0 fully saturated rings. The molecule has 0 spiro atoms. The third kappa shape index (κ3) is 5.81. The predicted octanol–water partition coefficient (Wildman–Crippen LogP) is 6.85. The Balaban J connectivity index is 0.000000412. The van der Waals surface area contributed by atoms with E-state index < -0.39 is 0 Å². The Kier molecular flexibility index (Phi) is 8.81. The molecule has 0 aromatic heterocycles. The summed E-state index contributed by atoms with van der Waals surface area (Å²) in [6.07, 6.45) is 0. The van der Waals surface area contributed by atoms with E-state index in [1.165, 1.54) is 11.1 Å². The van der Waals surface area contributed by atoms with Crippen LogP contribution in [0.4, 0.5) is 0 Å². The molecule has 0 heterocycles. The minimum absolute atomic E-state index is 0. The van der Waals surface area contributed by atoms with Crippen molar-refractivity contribution in [2.24, 2.45) is 0 Å². The summed E-state index contributed by atoms with van der Waals surface area (Å²) >= 11 is 0. The Morgan fingerprint density at radius 1 is 0.792 bits per heavy atom. The number of benzene rings is 1. The van der Waals surface area contributed by atoms with Crippen LogP contribution in [0.1, 0.15) is 50.7 Å². The molecule has 0 bridgehead atoms. The van der Waals surface area contributed by atoms with E-state index in [2.05, 4.69) is 45.9 Å². The Labute approximate surface area is 161 Å². The zero-order chi connectivity index (χ0) is 16.7. The van der Waals surface area contributed by atoms with Crippen molar-refractivity contribution < 1.29 is 26.5 Å². The number of hydrogen-bond donors (Lipinski definition) is 0. The van der Waals surface area contributed by atoms with E-state index in [1.807, 2.05) is 54.6 Å². The molecule has 3 rings (SSSR count). The van der Waals surface area contributed by atoms with E-state index in [9.17, 15) is 0 Å². The molecule has 0 aliphatic rings. The fraction of sp³-hybridized carbons (Fsp3) is 0.273. The Morgan fingerprint density at radius 3 is 1.67 bits per heavy atom. The number of para-hydroxylation sites is 1. The van der Waals surface area contributed by atoms with E-state index in [0.717, 1.165) is 11.5 Å². The Hall–Kier alpha value is -1.57. The smallest absolute Gasteiger partial charge is 0.544 e. The molecule has 24 heavy (non-hydrogen) atoms. The van der Waals surface area contributed by atoms with E-state index in [1.54, 1.807) is 0 Å². The zero-order valence-corrected chi connectivity index (χ0v) is 16.6. The van der Waals surface area contributed by atoms with Gasteiger partial charge in [0.05, 0.1) is 5.75 Å². The molecule has 124 valence electrons. The van der Waals surface area contributed by atoms with Gasteiger partial charge in [-0.25, -0.2) is 12.1 Å². The molecule has 2 heteroatoms. The van der Waals surface area contributed by atoms with E-state index >= 15 is 0 Å². The van der Waals surface area contributed by atoms with Gasteiger partial charge < -0.3 is 4.74 Å². The van der Waals surface area contributed by atoms with Crippen LogP contribution in [0.15, 0.2) is 72.8 Å². The molecular weight excluding hydrogens is 328 g/mol. The molecule has 0 amide bonds. The van der Waals surface area contributed by atoms with Gasteiger partial charge in [-0.3, -0.25) is 0 Å².